The molecule has 1 unspecified atom stereocenters. The van der Waals surface area contributed by atoms with Gasteiger partial charge in [-0.15, -0.1) is 5.10 Å². The van der Waals surface area contributed by atoms with E-state index in [0.29, 0.717) is 17.8 Å². The van der Waals surface area contributed by atoms with E-state index in [0.717, 1.165) is 0 Å². The summed E-state index contributed by atoms with van der Waals surface area (Å²) in [6, 6.07) is 4.04. The number of aliphatic carboxylic acids is 1. The van der Waals surface area contributed by atoms with Gasteiger partial charge in [-0.3, -0.25) is 4.79 Å². The lowest BCUT2D eigenvalue weighted by atomic mass is 10.1. The largest absolute Gasteiger partial charge is 0.481 e. The van der Waals surface area contributed by atoms with Crippen LogP contribution in [0.1, 0.15) is 37.2 Å². The Labute approximate surface area is 125 Å². The molecular weight excluding hydrogens is 299 g/mol. The number of benzene rings is 1. The molecule has 0 bridgehead atoms. The van der Waals surface area contributed by atoms with Crippen LogP contribution in [0.3, 0.4) is 0 Å². The number of carboxylic acid groups (broad SMARTS) is 1. The van der Waals surface area contributed by atoms with Crippen LogP contribution < -0.4 is 0 Å². The van der Waals surface area contributed by atoms with E-state index < -0.39 is 11.8 Å². The van der Waals surface area contributed by atoms with Crippen LogP contribution in [0.5, 0.6) is 0 Å². The highest BCUT2D eigenvalue weighted by atomic mass is 35.5. The molecule has 0 aliphatic carbocycles. The summed E-state index contributed by atoms with van der Waals surface area (Å²) in [5.41, 5.74) is 0.292. The molecule has 1 atom stereocenters. The molecule has 0 amide bonds. The number of aromatic nitrogens is 4. The third-order valence-electron chi connectivity index (χ3n) is 3.18. The predicted octanol–water partition coefficient (Wildman–Crippen LogP) is 2.48. The van der Waals surface area contributed by atoms with Crippen LogP contribution in [0.25, 0.3) is 0 Å². The van der Waals surface area contributed by atoms with Crippen molar-refractivity contribution in [1.29, 1.82) is 0 Å². The van der Waals surface area contributed by atoms with Crippen molar-refractivity contribution in [2.75, 3.05) is 0 Å². The smallest absolute Gasteiger partial charge is 0.305 e. The zero-order valence-electron chi connectivity index (χ0n) is 11.3. The van der Waals surface area contributed by atoms with E-state index in [2.05, 4.69) is 15.5 Å². The number of carbonyl (C=O) groups is 1. The molecule has 1 heterocycles. The van der Waals surface area contributed by atoms with Crippen LogP contribution in [0, 0.1) is 5.82 Å². The van der Waals surface area contributed by atoms with Gasteiger partial charge >= 0.3 is 5.97 Å². The van der Waals surface area contributed by atoms with Crippen molar-refractivity contribution in [2.24, 2.45) is 0 Å². The number of tetrazole rings is 1. The van der Waals surface area contributed by atoms with Gasteiger partial charge in [-0.2, -0.15) is 0 Å². The van der Waals surface area contributed by atoms with Crippen molar-refractivity contribution in [3.8, 4) is 0 Å². The lowest BCUT2D eigenvalue weighted by Crippen LogP contribution is -2.17. The maximum atomic E-state index is 13.8. The molecule has 0 radical (unpaired) electrons. The van der Waals surface area contributed by atoms with Crippen LogP contribution in [0.2, 0.25) is 5.02 Å². The Hall–Kier alpha value is -2.02. The normalized spacial score (nSPS) is 12.3. The summed E-state index contributed by atoms with van der Waals surface area (Å²) >= 11 is 5.98. The third-order valence-corrected chi connectivity index (χ3v) is 3.54. The number of nitrogens with zero attached hydrogens (tertiary/aromatic N) is 4. The molecule has 8 heteroatoms. The molecule has 6 nitrogen and oxygen atoms in total. The fraction of sp³-hybridized carbons (Fsp3) is 0.385. The number of hydrogen-bond acceptors (Lipinski definition) is 4. The van der Waals surface area contributed by atoms with E-state index >= 15 is 0 Å². The van der Waals surface area contributed by atoms with Crippen LogP contribution >= 0.6 is 11.6 Å². The van der Waals surface area contributed by atoms with Crippen molar-refractivity contribution < 1.29 is 14.3 Å². The molecule has 0 saturated carbocycles. The summed E-state index contributed by atoms with van der Waals surface area (Å²) in [5.74, 6) is -0.995. The summed E-state index contributed by atoms with van der Waals surface area (Å²) in [6.07, 6.45) is 0.559. The van der Waals surface area contributed by atoms with Gasteiger partial charge < -0.3 is 5.11 Å². The quantitative estimate of drug-likeness (QED) is 0.886. The average Bonchev–Trinajstić information content (AvgIpc) is 2.88. The minimum absolute atomic E-state index is 0.0977. The molecular formula is C13H14ClFN4O2. The first kappa shape index (κ1) is 15.4. The molecule has 1 N–H and O–H groups in total. The highest BCUT2D eigenvalue weighted by Crippen LogP contribution is 2.23. The van der Waals surface area contributed by atoms with E-state index in [1.807, 2.05) is 6.92 Å². The highest BCUT2D eigenvalue weighted by molar-refractivity contribution is 6.31. The third kappa shape index (κ3) is 3.55. The van der Waals surface area contributed by atoms with Gasteiger partial charge in [-0.1, -0.05) is 24.6 Å². The minimum Gasteiger partial charge on any atom is -0.481 e. The van der Waals surface area contributed by atoms with Crippen LogP contribution in [0.4, 0.5) is 4.39 Å². The minimum atomic E-state index is -0.938. The standard InChI is InChI=1S/C13H14ClFN4O2/c1-2-8(6-13(20)21)19-12(16-17-18-19)7-9-10(14)4-3-5-11(9)15/h3-5,8H,2,6-7H2,1H3,(H,20,21). The van der Waals surface area contributed by atoms with Crippen molar-refractivity contribution in [2.45, 2.75) is 32.2 Å². The first-order chi connectivity index (χ1) is 10.0. The van der Waals surface area contributed by atoms with Gasteiger partial charge in [0.25, 0.3) is 0 Å². The molecule has 0 saturated heterocycles. The zero-order valence-corrected chi connectivity index (χ0v) is 12.1. The van der Waals surface area contributed by atoms with E-state index in [1.165, 1.54) is 16.8 Å². The molecule has 21 heavy (non-hydrogen) atoms. The Balaban J connectivity index is 2.30. The molecule has 1 aromatic heterocycles. The van der Waals surface area contributed by atoms with Gasteiger partial charge in [-0.05, 0) is 29.0 Å². The van der Waals surface area contributed by atoms with Gasteiger partial charge in [-0.25, -0.2) is 9.07 Å². The molecule has 1 aromatic carbocycles. The van der Waals surface area contributed by atoms with Gasteiger partial charge in [0, 0.05) is 17.0 Å². The molecule has 2 rings (SSSR count). The first-order valence-corrected chi connectivity index (χ1v) is 6.82. The Morgan fingerprint density at radius 3 is 2.90 bits per heavy atom. The number of hydrogen-bond donors (Lipinski definition) is 1. The molecule has 0 aliphatic heterocycles. The van der Waals surface area contributed by atoms with Crippen LogP contribution in [-0.4, -0.2) is 31.3 Å². The predicted molar refractivity (Wildman–Crippen MR) is 73.6 cm³/mol. The number of halogens is 2. The van der Waals surface area contributed by atoms with Crippen molar-refractivity contribution in [1.82, 2.24) is 20.2 Å². The molecule has 112 valence electrons. The molecule has 0 fully saturated rings. The summed E-state index contributed by atoms with van der Waals surface area (Å²) in [7, 11) is 0. The Morgan fingerprint density at radius 2 is 2.29 bits per heavy atom. The Morgan fingerprint density at radius 1 is 1.52 bits per heavy atom. The summed E-state index contributed by atoms with van der Waals surface area (Å²) < 4.78 is 15.2. The summed E-state index contributed by atoms with van der Waals surface area (Å²) in [6.45, 7) is 1.84. The van der Waals surface area contributed by atoms with E-state index in [-0.39, 0.29) is 23.9 Å². The fourth-order valence-electron chi connectivity index (χ4n) is 2.08. The van der Waals surface area contributed by atoms with Gasteiger partial charge in [0.1, 0.15) is 5.82 Å². The van der Waals surface area contributed by atoms with Crippen LogP contribution in [0.15, 0.2) is 18.2 Å². The van der Waals surface area contributed by atoms with Crippen molar-refractivity contribution >= 4 is 17.6 Å². The monoisotopic (exact) mass is 312 g/mol. The molecule has 2 aromatic rings. The lowest BCUT2D eigenvalue weighted by molar-refractivity contribution is -0.138. The van der Waals surface area contributed by atoms with Gasteiger partial charge in [0.15, 0.2) is 5.82 Å². The Kier molecular flexibility index (Phi) is 4.85. The fourth-order valence-corrected chi connectivity index (χ4v) is 2.31. The SMILES string of the molecule is CCC(CC(=O)O)n1nnnc1Cc1c(F)cccc1Cl. The van der Waals surface area contributed by atoms with Crippen molar-refractivity contribution in [3.63, 3.8) is 0 Å². The van der Waals surface area contributed by atoms with Gasteiger partial charge in [0.05, 0.1) is 12.5 Å². The Bertz CT molecular complexity index is 627. The maximum absolute atomic E-state index is 13.8. The second-order valence-electron chi connectivity index (χ2n) is 4.58. The average molecular weight is 313 g/mol. The second kappa shape index (κ2) is 6.62. The highest BCUT2D eigenvalue weighted by Gasteiger charge is 2.20. The zero-order chi connectivity index (χ0) is 15.4. The topological polar surface area (TPSA) is 80.9 Å². The molecule has 0 spiro atoms. The first-order valence-electron chi connectivity index (χ1n) is 6.44. The van der Waals surface area contributed by atoms with Crippen molar-refractivity contribution in [3.05, 3.63) is 40.4 Å². The lowest BCUT2D eigenvalue weighted by Gasteiger charge is -2.14. The van der Waals surface area contributed by atoms with Gasteiger partial charge in [0.2, 0.25) is 0 Å². The molecule has 0 aliphatic rings. The van der Waals surface area contributed by atoms with E-state index in [1.54, 1.807) is 6.07 Å². The second-order valence-corrected chi connectivity index (χ2v) is 4.98. The number of rotatable bonds is 6. The summed E-state index contributed by atoms with van der Waals surface area (Å²) in [4.78, 5) is 10.9. The summed E-state index contributed by atoms with van der Waals surface area (Å²) in [5, 5.41) is 20.4. The van der Waals surface area contributed by atoms with Crippen LogP contribution in [-0.2, 0) is 11.2 Å². The maximum Gasteiger partial charge on any atom is 0.305 e. The van der Waals surface area contributed by atoms with E-state index in [9.17, 15) is 9.18 Å². The number of carboxylic acids is 1. The van der Waals surface area contributed by atoms with E-state index in [4.69, 9.17) is 16.7 Å².